The molecule has 156 valence electrons. The number of azo groups is 1. The SMILES string of the molecule is CCCCn1c(O)c(C=Nc2ccc(N=Nc3ccccc3)cc2)c(C)c(C#N)c1=O. The molecule has 0 saturated heterocycles. The normalized spacial score (nSPS) is 11.3. The van der Waals surface area contributed by atoms with Gasteiger partial charge in [0.15, 0.2) is 0 Å². The predicted molar refractivity (Wildman–Crippen MR) is 121 cm³/mol. The van der Waals surface area contributed by atoms with E-state index < -0.39 is 5.56 Å². The highest BCUT2D eigenvalue weighted by molar-refractivity contribution is 5.87. The van der Waals surface area contributed by atoms with Gasteiger partial charge in [-0.1, -0.05) is 31.5 Å². The molecule has 2 aromatic carbocycles. The van der Waals surface area contributed by atoms with E-state index in [0.717, 1.165) is 18.5 Å². The van der Waals surface area contributed by atoms with Crippen molar-refractivity contribution in [1.82, 2.24) is 4.57 Å². The first-order valence-corrected chi connectivity index (χ1v) is 10.0. The van der Waals surface area contributed by atoms with E-state index in [0.29, 0.717) is 29.0 Å². The zero-order valence-electron chi connectivity index (χ0n) is 17.5. The topological polar surface area (TPSA) is 103 Å². The zero-order valence-corrected chi connectivity index (χ0v) is 17.5. The fourth-order valence-corrected chi connectivity index (χ4v) is 3.00. The van der Waals surface area contributed by atoms with Gasteiger partial charge in [0.25, 0.3) is 5.56 Å². The lowest BCUT2D eigenvalue weighted by atomic mass is 10.1. The summed E-state index contributed by atoms with van der Waals surface area (Å²) in [6, 6.07) is 18.5. The van der Waals surface area contributed by atoms with Gasteiger partial charge in [0.1, 0.15) is 11.6 Å². The van der Waals surface area contributed by atoms with Gasteiger partial charge in [-0.2, -0.15) is 15.5 Å². The van der Waals surface area contributed by atoms with E-state index in [4.69, 9.17) is 0 Å². The molecule has 0 aliphatic heterocycles. The molecule has 0 fully saturated rings. The number of nitriles is 1. The van der Waals surface area contributed by atoms with Gasteiger partial charge in [-0.05, 0) is 55.3 Å². The Morgan fingerprint density at radius 1 is 1.03 bits per heavy atom. The Balaban J connectivity index is 1.87. The zero-order chi connectivity index (χ0) is 22.2. The van der Waals surface area contributed by atoms with Crippen molar-refractivity contribution in [3.8, 4) is 11.9 Å². The Bertz CT molecular complexity index is 1200. The van der Waals surface area contributed by atoms with Crippen LogP contribution in [-0.4, -0.2) is 15.9 Å². The lowest BCUT2D eigenvalue weighted by Crippen LogP contribution is -2.25. The van der Waals surface area contributed by atoms with Crippen molar-refractivity contribution in [1.29, 1.82) is 5.26 Å². The van der Waals surface area contributed by atoms with Gasteiger partial charge in [0.2, 0.25) is 5.88 Å². The first-order valence-electron chi connectivity index (χ1n) is 10.0. The van der Waals surface area contributed by atoms with E-state index >= 15 is 0 Å². The maximum Gasteiger partial charge on any atom is 0.271 e. The summed E-state index contributed by atoms with van der Waals surface area (Å²) < 4.78 is 1.24. The van der Waals surface area contributed by atoms with E-state index in [2.05, 4.69) is 15.2 Å². The highest BCUT2D eigenvalue weighted by atomic mass is 16.3. The molecule has 7 heteroatoms. The van der Waals surface area contributed by atoms with E-state index in [-0.39, 0.29) is 11.4 Å². The van der Waals surface area contributed by atoms with Crippen LogP contribution in [-0.2, 0) is 6.54 Å². The Kier molecular flexibility index (Phi) is 7.07. The molecule has 0 atom stereocenters. The molecule has 0 saturated carbocycles. The largest absolute Gasteiger partial charge is 0.494 e. The fourth-order valence-electron chi connectivity index (χ4n) is 3.00. The minimum atomic E-state index is -0.476. The van der Waals surface area contributed by atoms with Gasteiger partial charge in [-0.3, -0.25) is 14.4 Å². The summed E-state index contributed by atoms with van der Waals surface area (Å²) >= 11 is 0. The molecule has 0 aliphatic carbocycles. The second-order valence-corrected chi connectivity index (χ2v) is 6.97. The van der Waals surface area contributed by atoms with Crippen LogP contribution in [0.5, 0.6) is 5.88 Å². The Labute approximate surface area is 180 Å². The van der Waals surface area contributed by atoms with Crippen LogP contribution in [0.1, 0.15) is 36.5 Å². The number of unbranched alkanes of at least 4 members (excludes halogenated alkanes) is 1. The number of aromatic hydroxyl groups is 1. The third-order valence-electron chi connectivity index (χ3n) is 4.81. The number of aliphatic imine (C=N–C) groups is 1. The van der Waals surface area contributed by atoms with Crippen LogP contribution in [0, 0.1) is 18.3 Å². The van der Waals surface area contributed by atoms with E-state index in [1.807, 2.05) is 43.3 Å². The number of rotatable bonds is 7. The molecule has 1 aromatic heterocycles. The van der Waals surface area contributed by atoms with Gasteiger partial charge in [-0.25, -0.2) is 0 Å². The minimum absolute atomic E-state index is 0.0204. The van der Waals surface area contributed by atoms with Crippen LogP contribution in [0.3, 0.4) is 0 Å². The predicted octanol–water partition coefficient (Wildman–Crippen LogP) is 5.70. The molecule has 0 unspecified atom stereocenters. The van der Waals surface area contributed by atoms with Crippen LogP contribution in [0.25, 0.3) is 0 Å². The van der Waals surface area contributed by atoms with Crippen LogP contribution < -0.4 is 5.56 Å². The summed E-state index contributed by atoms with van der Waals surface area (Å²) in [6.07, 6.45) is 3.06. The van der Waals surface area contributed by atoms with Gasteiger partial charge in [0, 0.05) is 12.8 Å². The molecule has 0 bridgehead atoms. The van der Waals surface area contributed by atoms with Crippen molar-refractivity contribution in [3.63, 3.8) is 0 Å². The molecule has 1 N–H and O–H groups in total. The number of nitrogens with zero attached hydrogens (tertiary/aromatic N) is 5. The number of hydrogen-bond donors (Lipinski definition) is 1. The molecule has 0 amide bonds. The molecule has 31 heavy (non-hydrogen) atoms. The summed E-state index contributed by atoms with van der Waals surface area (Å²) in [7, 11) is 0. The third kappa shape index (κ3) is 5.11. The maximum absolute atomic E-state index is 12.5. The molecule has 0 radical (unpaired) electrons. The lowest BCUT2D eigenvalue weighted by Gasteiger charge is -2.13. The number of pyridine rings is 1. The van der Waals surface area contributed by atoms with Gasteiger partial charge < -0.3 is 5.11 Å². The highest BCUT2D eigenvalue weighted by Gasteiger charge is 2.17. The summed E-state index contributed by atoms with van der Waals surface area (Å²) in [5, 5.41) is 28.4. The molecule has 1 heterocycles. The summed E-state index contributed by atoms with van der Waals surface area (Å²) in [5.74, 6) is -0.174. The first-order chi connectivity index (χ1) is 15.0. The molecule has 7 nitrogen and oxygen atoms in total. The van der Waals surface area contributed by atoms with Crippen LogP contribution >= 0.6 is 0 Å². The van der Waals surface area contributed by atoms with E-state index in [1.165, 1.54) is 10.8 Å². The average Bonchev–Trinajstić information content (AvgIpc) is 2.79. The average molecular weight is 413 g/mol. The van der Waals surface area contributed by atoms with Crippen molar-refractivity contribution in [2.45, 2.75) is 33.2 Å². The maximum atomic E-state index is 12.5. The number of aromatic nitrogens is 1. The summed E-state index contributed by atoms with van der Waals surface area (Å²) in [6.45, 7) is 3.98. The monoisotopic (exact) mass is 413 g/mol. The summed E-state index contributed by atoms with van der Waals surface area (Å²) in [4.78, 5) is 16.9. The van der Waals surface area contributed by atoms with Crippen molar-refractivity contribution >= 4 is 23.3 Å². The smallest absolute Gasteiger partial charge is 0.271 e. The van der Waals surface area contributed by atoms with Crippen molar-refractivity contribution in [2.75, 3.05) is 0 Å². The Morgan fingerprint density at radius 3 is 2.26 bits per heavy atom. The standard InChI is InChI=1S/C24H23N5O2/c1-3-4-14-29-23(30)21(15-25)17(2)22(24(29)31)16-26-18-10-12-20(13-11-18)28-27-19-8-6-5-7-9-19/h5-13,16,31H,3-4,14H2,1-2H3. The number of benzene rings is 2. The first kappa shape index (κ1) is 21.7. The van der Waals surface area contributed by atoms with Gasteiger partial charge in [-0.15, -0.1) is 0 Å². The second kappa shape index (κ2) is 10.1. The van der Waals surface area contributed by atoms with Crippen LogP contribution in [0.4, 0.5) is 17.1 Å². The van der Waals surface area contributed by atoms with E-state index in [9.17, 15) is 15.2 Å². The van der Waals surface area contributed by atoms with Crippen molar-refractivity contribution < 1.29 is 5.11 Å². The lowest BCUT2D eigenvalue weighted by molar-refractivity contribution is 0.400. The van der Waals surface area contributed by atoms with Crippen LogP contribution in [0.2, 0.25) is 0 Å². The van der Waals surface area contributed by atoms with E-state index in [1.54, 1.807) is 31.2 Å². The Hall–Kier alpha value is -4.05. The minimum Gasteiger partial charge on any atom is -0.494 e. The summed E-state index contributed by atoms with van der Waals surface area (Å²) in [5.41, 5.74) is 2.41. The molecular weight excluding hydrogens is 390 g/mol. The molecule has 0 aliphatic rings. The molecule has 0 spiro atoms. The van der Waals surface area contributed by atoms with Gasteiger partial charge in [0.05, 0.1) is 22.6 Å². The third-order valence-corrected chi connectivity index (χ3v) is 4.81. The molecule has 3 aromatic rings. The second-order valence-electron chi connectivity index (χ2n) is 6.97. The quantitative estimate of drug-likeness (QED) is 0.397. The molecular formula is C24H23N5O2. The number of hydrogen-bond acceptors (Lipinski definition) is 6. The van der Waals surface area contributed by atoms with Crippen LogP contribution in [0.15, 0.2) is 74.6 Å². The fraction of sp³-hybridized carbons (Fsp3) is 0.208. The van der Waals surface area contributed by atoms with Gasteiger partial charge >= 0.3 is 0 Å². The van der Waals surface area contributed by atoms with Crippen molar-refractivity contribution in [3.05, 3.63) is 81.6 Å². The Morgan fingerprint density at radius 2 is 1.65 bits per heavy atom. The highest BCUT2D eigenvalue weighted by Crippen LogP contribution is 2.24. The molecule has 3 rings (SSSR count). The van der Waals surface area contributed by atoms with Crippen molar-refractivity contribution in [2.24, 2.45) is 15.2 Å².